The number of aromatic nitrogens is 6. The molecule has 0 spiro atoms. The zero-order chi connectivity index (χ0) is 22.4. The van der Waals surface area contributed by atoms with Crippen molar-refractivity contribution in [2.24, 2.45) is 0 Å². The summed E-state index contributed by atoms with van der Waals surface area (Å²) in [5.41, 5.74) is -3.60. The van der Waals surface area contributed by atoms with E-state index in [4.69, 9.17) is 21.1 Å². The first-order chi connectivity index (χ1) is 14.8. The van der Waals surface area contributed by atoms with Crippen LogP contribution in [0.3, 0.4) is 0 Å². The summed E-state index contributed by atoms with van der Waals surface area (Å²) in [7, 11) is 1.41. The zero-order valence-corrected chi connectivity index (χ0v) is 17.2. The SMILES string of the molecule is COC1COC(C)(CO)C(O)(c2c[nH]nn2)C1n1cc(-c2ccc(Cl)c(F)c2F)nn1. The lowest BCUT2D eigenvalue weighted by Gasteiger charge is -2.52. The van der Waals surface area contributed by atoms with Crippen molar-refractivity contribution in [3.63, 3.8) is 0 Å². The minimum atomic E-state index is -1.98. The number of aliphatic hydroxyl groups is 2. The number of halogens is 3. The summed E-state index contributed by atoms with van der Waals surface area (Å²) >= 11 is 5.62. The van der Waals surface area contributed by atoms with E-state index in [1.165, 1.54) is 43.2 Å². The molecule has 4 atom stereocenters. The monoisotopic (exact) mass is 456 g/mol. The highest BCUT2D eigenvalue weighted by molar-refractivity contribution is 6.30. The lowest BCUT2D eigenvalue weighted by Crippen LogP contribution is -2.66. The Labute approximate surface area is 179 Å². The number of aromatic amines is 1. The van der Waals surface area contributed by atoms with Crippen LogP contribution in [0, 0.1) is 11.6 Å². The second kappa shape index (κ2) is 7.88. The van der Waals surface area contributed by atoms with Gasteiger partial charge < -0.3 is 19.7 Å². The number of H-pyrrole nitrogens is 1. The topological polar surface area (TPSA) is 131 Å². The molecular formula is C18H19ClF2N6O4. The Morgan fingerprint density at radius 1 is 1.35 bits per heavy atom. The third-order valence-corrected chi connectivity index (χ3v) is 5.96. The van der Waals surface area contributed by atoms with E-state index in [-0.39, 0.29) is 28.6 Å². The van der Waals surface area contributed by atoms with Crippen molar-refractivity contribution < 1.29 is 28.5 Å². The fourth-order valence-corrected chi connectivity index (χ4v) is 3.99. The lowest BCUT2D eigenvalue weighted by molar-refractivity contribution is -0.283. The standard InChI is InChI=1S/C18H19ClF2N6O4/c1-17(8-28)18(29,13-5-22-25-24-13)16(12(30-2)7-31-17)27-6-11(23-26-27)9-3-4-10(19)15(21)14(9)20/h3-6,12,16,28-29H,7-8H2,1-2H3,(H,22,24,25). The van der Waals surface area contributed by atoms with Gasteiger partial charge in [0.05, 0.1) is 24.4 Å². The normalized spacial score (nSPS) is 28.7. The number of methoxy groups -OCH3 is 1. The van der Waals surface area contributed by atoms with Crippen LogP contribution in [0.1, 0.15) is 18.7 Å². The second-order valence-corrected chi connectivity index (χ2v) is 7.76. The summed E-state index contributed by atoms with van der Waals surface area (Å²) < 4.78 is 40.8. The molecule has 166 valence electrons. The number of nitrogens with zero attached hydrogens (tertiary/aromatic N) is 5. The largest absolute Gasteiger partial charge is 0.393 e. The highest BCUT2D eigenvalue weighted by Gasteiger charge is 2.62. The highest BCUT2D eigenvalue weighted by atomic mass is 35.5. The van der Waals surface area contributed by atoms with Crippen molar-refractivity contribution in [2.75, 3.05) is 20.3 Å². The molecule has 1 aliphatic heterocycles. The van der Waals surface area contributed by atoms with E-state index in [0.29, 0.717) is 0 Å². The number of ether oxygens (including phenoxy) is 2. The van der Waals surface area contributed by atoms with Crippen LogP contribution in [0.2, 0.25) is 5.02 Å². The van der Waals surface area contributed by atoms with Crippen LogP contribution >= 0.6 is 11.6 Å². The van der Waals surface area contributed by atoms with Gasteiger partial charge in [0.25, 0.3) is 0 Å². The Morgan fingerprint density at radius 3 is 2.77 bits per heavy atom. The van der Waals surface area contributed by atoms with E-state index in [1.807, 2.05) is 0 Å². The van der Waals surface area contributed by atoms with Crippen molar-refractivity contribution in [1.82, 2.24) is 30.4 Å². The molecule has 4 rings (SSSR count). The Balaban J connectivity index is 1.86. The molecule has 2 aromatic heterocycles. The van der Waals surface area contributed by atoms with Crippen LogP contribution in [0.4, 0.5) is 8.78 Å². The summed E-state index contributed by atoms with van der Waals surface area (Å²) in [5, 5.41) is 39.6. The van der Waals surface area contributed by atoms with Crippen LogP contribution in [0.5, 0.6) is 0 Å². The highest BCUT2D eigenvalue weighted by Crippen LogP contribution is 2.48. The van der Waals surface area contributed by atoms with Crippen LogP contribution in [-0.2, 0) is 15.1 Å². The molecule has 10 nitrogen and oxygen atoms in total. The van der Waals surface area contributed by atoms with Gasteiger partial charge in [-0.15, -0.1) is 10.2 Å². The molecule has 1 fully saturated rings. The molecule has 0 amide bonds. The van der Waals surface area contributed by atoms with Crippen molar-refractivity contribution >= 4 is 11.6 Å². The Bertz CT molecular complexity index is 1080. The van der Waals surface area contributed by atoms with Gasteiger partial charge in [-0.1, -0.05) is 22.0 Å². The van der Waals surface area contributed by atoms with Gasteiger partial charge in [0, 0.05) is 18.9 Å². The smallest absolute Gasteiger partial charge is 0.178 e. The van der Waals surface area contributed by atoms with E-state index >= 15 is 0 Å². The van der Waals surface area contributed by atoms with Gasteiger partial charge >= 0.3 is 0 Å². The average Bonchev–Trinajstić information content (AvgIpc) is 3.46. The number of benzene rings is 1. The van der Waals surface area contributed by atoms with Crippen LogP contribution in [-0.4, -0.2) is 72.6 Å². The third-order valence-electron chi connectivity index (χ3n) is 5.67. The predicted molar refractivity (Wildman–Crippen MR) is 102 cm³/mol. The number of nitrogens with one attached hydrogen (secondary N) is 1. The number of hydrogen-bond acceptors (Lipinski definition) is 8. The maximum absolute atomic E-state index is 14.4. The van der Waals surface area contributed by atoms with Crippen LogP contribution < -0.4 is 0 Å². The molecule has 3 heterocycles. The van der Waals surface area contributed by atoms with Crippen molar-refractivity contribution in [1.29, 1.82) is 0 Å². The lowest BCUT2D eigenvalue weighted by atomic mass is 9.72. The van der Waals surface area contributed by atoms with E-state index in [0.717, 1.165) is 0 Å². The summed E-state index contributed by atoms with van der Waals surface area (Å²) in [6, 6.07) is 1.46. The van der Waals surface area contributed by atoms with Crippen LogP contribution in [0.25, 0.3) is 11.3 Å². The minimum Gasteiger partial charge on any atom is -0.393 e. The van der Waals surface area contributed by atoms with Crippen LogP contribution in [0.15, 0.2) is 24.5 Å². The molecule has 0 bridgehead atoms. The Hall–Kier alpha value is -2.51. The maximum Gasteiger partial charge on any atom is 0.178 e. The minimum absolute atomic E-state index is 0.00242. The molecular weight excluding hydrogens is 438 g/mol. The molecule has 1 aliphatic rings. The quantitative estimate of drug-likeness (QED) is 0.488. The third kappa shape index (κ3) is 3.22. The van der Waals surface area contributed by atoms with E-state index < -0.39 is 41.6 Å². The van der Waals surface area contributed by atoms with Crippen molar-refractivity contribution in [3.05, 3.63) is 46.9 Å². The molecule has 0 saturated carbocycles. The Morgan fingerprint density at radius 2 is 2.13 bits per heavy atom. The number of rotatable bonds is 5. The molecule has 4 unspecified atom stereocenters. The van der Waals surface area contributed by atoms with E-state index in [2.05, 4.69) is 25.7 Å². The summed E-state index contributed by atoms with van der Waals surface area (Å²) in [6.07, 6.45) is 1.92. The Kier molecular flexibility index (Phi) is 5.52. The second-order valence-electron chi connectivity index (χ2n) is 7.35. The first kappa shape index (κ1) is 21.7. The fourth-order valence-electron chi connectivity index (χ4n) is 3.84. The summed E-state index contributed by atoms with van der Waals surface area (Å²) in [4.78, 5) is 0. The molecule has 31 heavy (non-hydrogen) atoms. The fraction of sp³-hybridized carbons (Fsp3) is 0.444. The van der Waals surface area contributed by atoms with E-state index in [1.54, 1.807) is 0 Å². The number of hydrogen-bond donors (Lipinski definition) is 3. The van der Waals surface area contributed by atoms with Gasteiger partial charge in [0.2, 0.25) is 0 Å². The first-order valence-corrected chi connectivity index (χ1v) is 9.57. The van der Waals surface area contributed by atoms with Crippen molar-refractivity contribution in [3.8, 4) is 11.3 Å². The van der Waals surface area contributed by atoms with E-state index in [9.17, 15) is 19.0 Å². The average molecular weight is 457 g/mol. The predicted octanol–water partition coefficient (Wildman–Crippen LogP) is 1.22. The molecule has 13 heteroatoms. The van der Waals surface area contributed by atoms with Gasteiger partial charge in [0.1, 0.15) is 29.1 Å². The maximum atomic E-state index is 14.4. The first-order valence-electron chi connectivity index (χ1n) is 9.19. The summed E-state index contributed by atoms with van der Waals surface area (Å²) in [6.45, 7) is 0.937. The van der Waals surface area contributed by atoms with Gasteiger partial charge in [-0.25, -0.2) is 13.5 Å². The molecule has 0 radical (unpaired) electrons. The number of aliphatic hydroxyl groups excluding tert-OH is 1. The van der Waals surface area contributed by atoms with Gasteiger partial charge in [-0.3, -0.25) is 5.10 Å². The van der Waals surface area contributed by atoms with Gasteiger partial charge in [0.15, 0.2) is 17.2 Å². The molecule has 3 aromatic rings. The zero-order valence-electron chi connectivity index (χ0n) is 16.5. The molecule has 3 N–H and O–H groups in total. The molecule has 1 saturated heterocycles. The van der Waals surface area contributed by atoms with Gasteiger partial charge in [-0.2, -0.15) is 0 Å². The molecule has 0 aliphatic carbocycles. The summed E-state index contributed by atoms with van der Waals surface area (Å²) in [5.74, 6) is -2.39. The van der Waals surface area contributed by atoms with Crippen molar-refractivity contribution in [2.45, 2.75) is 30.3 Å². The molecule has 1 aromatic carbocycles. The van der Waals surface area contributed by atoms with Gasteiger partial charge in [-0.05, 0) is 19.1 Å².